The van der Waals surface area contributed by atoms with Gasteiger partial charge in [0, 0.05) is 22.1 Å². The monoisotopic (exact) mass is 269 g/mol. The number of hydrogen-bond donors (Lipinski definition) is 1. The lowest BCUT2D eigenvalue weighted by Crippen LogP contribution is -2.13. The van der Waals surface area contributed by atoms with Gasteiger partial charge in [-0.25, -0.2) is 0 Å². The molecule has 1 aromatic rings. The maximum atomic E-state index is 11.9. The smallest absolute Gasteiger partial charge is 0.164 e. The van der Waals surface area contributed by atoms with Crippen molar-refractivity contribution in [2.75, 3.05) is 5.73 Å². The second-order valence-corrected chi connectivity index (χ2v) is 5.75. The van der Waals surface area contributed by atoms with Gasteiger partial charge in [-0.3, -0.25) is 4.79 Å². The van der Waals surface area contributed by atoms with E-state index in [9.17, 15) is 4.79 Å². The highest BCUT2D eigenvalue weighted by atomic mass is 79.9. The molecule has 0 atom stereocenters. The van der Waals surface area contributed by atoms with E-state index in [0.717, 1.165) is 4.47 Å². The maximum Gasteiger partial charge on any atom is 0.164 e. The van der Waals surface area contributed by atoms with Crippen molar-refractivity contribution < 1.29 is 4.79 Å². The zero-order valence-corrected chi connectivity index (χ0v) is 10.9. The number of carbonyl (C=O) groups excluding carboxylic acids is 1. The van der Waals surface area contributed by atoms with Crippen LogP contribution in [0, 0.1) is 5.41 Å². The molecule has 0 aliphatic heterocycles. The molecular weight excluding hydrogens is 254 g/mol. The second kappa shape index (κ2) is 4.35. The number of hydrogen-bond acceptors (Lipinski definition) is 2. The van der Waals surface area contributed by atoms with E-state index in [1.807, 2.05) is 0 Å². The zero-order valence-electron chi connectivity index (χ0n) is 9.30. The van der Waals surface area contributed by atoms with Crippen LogP contribution in [0.2, 0.25) is 0 Å². The Labute approximate surface area is 99.0 Å². The van der Waals surface area contributed by atoms with Gasteiger partial charge in [0.2, 0.25) is 0 Å². The van der Waals surface area contributed by atoms with Crippen LogP contribution in [0.15, 0.2) is 22.7 Å². The van der Waals surface area contributed by atoms with Crippen molar-refractivity contribution in [1.29, 1.82) is 0 Å². The van der Waals surface area contributed by atoms with Gasteiger partial charge >= 0.3 is 0 Å². The summed E-state index contributed by atoms with van der Waals surface area (Å²) in [6, 6.07) is 5.28. The van der Waals surface area contributed by atoms with E-state index in [4.69, 9.17) is 5.73 Å². The predicted molar refractivity (Wildman–Crippen MR) is 67.0 cm³/mol. The quantitative estimate of drug-likeness (QED) is 0.658. The average molecular weight is 270 g/mol. The summed E-state index contributed by atoms with van der Waals surface area (Å²) in [6.07, 6.45) is 0.537. The third-order valence-electron chi connectivity index (χ3n) is 1.98. The van der Waals surface area contributed by atoms with Crippen LogP contribution in [0.4, 0.5) is 5.69 Å². The normalized spacial score (nSPS) is 11.5. The third-order valence-corrected chi connectivity index (χ3v) is 2.64. The van der Waals surface area contributed by atoms with E-state index in [2.05, 4.69) is 36.7 Å². The summed E-state index contributed by atoms with van der Waals surface area (Å²) in [5, 5.41) is 0. The number of ketones is 1. The lowest BCUT2D eigenvalue weighted by molar-refractivity contribution is 0.0939. The van der Waals surface area contributed by atoms with Gasteiger partial charge in [-0.1, -0.05) is 20.8 Å². The van der Waals surface area contributed by atoms with Gasteiger partial charge in [0.1, 0.15) is 0 Å². The van der Waals surface area contributed by atoms with Crippen molar-refractivity contribution in [3.8, 4) is 0 Å². The molecule has 15 heavy (non-hydrogen) atoms. The van der Waals surface area contributed by atoms with Gasteiger partial charge in [-0.2, -0.15) is 0 Å². The molecule has 0 unspecified atom stereocenters. The Morgan fingerprint density at radius 2 is 2.00 bits per heavy atom. The highest BCUT2D eigenvalue weighted by Gasteiger charge is 2.18. The first-order valence-electron chi connectivity index (χ1n) is 4.88. The van der Waals surface area contributed by atoms with Crippen LogP contribution in [0.5, 0.6) is 0 Å². The molecule has 0 spiro atoms. The molecule has 1 aromatic carbocycles. The fourth-order valence-corrected chi connectivity index (χ4v) is 1.95. The van der Waals surface area contributed by atoms with Crippen molar-refractivity contribution in [1.82, 2.24) is 0 Å². The second-order valence-electron chi connectivity index (χ2n) is 4.90. The molecule has 0 bridgehead atoms. The summed E-state index contributed by atoms with van der Waals surface area (Å²) >= 11 is 3.35. The molecule has 0 saturated carbocycles. The molecule has 1 rings (SSSR count). The molecular formula is C12H16BrNO. The molecule has 0 heterocycles. The van der Waals surface area contributed by atoms with Crippen LogP contribution in [-0.4, -0.2) is 5.78 Å². The van der Waals surface area contributed by atoms with E-state index in [1.165, 1.54) is 0 Å². The number of halogens is 1. The lowest BCUT2D eigenvalue weighted by Gasteiger charge is -2.17. The van der Waals surface area contributed by atoms with E-state index in [-0.39, 0.29) is 11.2 Å². The Kier molecular flexibility index (Phi) is 3.55. The Morgan fingerprint density at radius 3 is 2.47 bits per heavy atom. The van der Waals surface area contributed by atoms with Gasteiger partial charge in [0.05, 0.1) is 0 Å². The molecule has 0 radical (unpaired) electrons. The summed E-state index contributed by atoms with van der Waals surface area (Å²) in [6.45, 7) is 6.16. The molecule has 0 fully saturated rings. The van der Waals surface area contributed by atoms with Crippen molar-refractivity contribution in [2.45, 2.75) is 27.2 Å². The number of nitrogens with two attached hydrogens (primary N) is 1. The van der Waals surface area contributed by atoms with Gasteiger partial charge < -0.3 is 5.73 Å². The first-order chi connectivity index (χ1) is 6.79. The van der Waals surface area contributed by atoms with E-state index in [0.29, 0.717) is 17.7 Å². The average Bonchev–Trinajstić information content (AvgIpc) is 1.99. The minimum Gasteiger partial charge on any atom is -0.399 e. The minimum absolute atomic E-state index is 0.0118. The Balaban J connectivity index is 2.92. The molecule has 0 saturated heterocycles. The number of carbonyl (C=O) groups is 1. The highest BCUT2D eigenvalue weighted by molar-refractivity contribution is 9.10. The maximum absolute atomic E-state index is 11.9. The van der Waals surface area contributed by atoms with Crippen molar-refractivity contribution in [3.63, 3.8) is 0 Å². The van der Waals surface area contributed by atoms with Crippen molar-refractivity contribution in [2.24, 2.45) is 5.41 Å². The zero-order chi connectivity index (χ0) is 11.6. The van der Waals surface area contributed by atoms with E-state index < -0.39 is 0 Å². The number of benzene rings is 1. The first-order valence-corrected chi connectivity index (χ1v) is 5.67. The molecule has 0 aliphatic carbocycles. The molecule has 0 amide bonds. The largest absolute Gasteiger partial charge is 0.399 e. The van der Waals surface area contributed by atoms with Gasteiger partial charge in [-0.15, -0.1) is 0 Å². The van der Waals surface area contributed by atoms with E-state index >= 15 is 0 Å². The Morgan fingerprint density at radius 1 is 1.40 bits per heavy atom. The topological polar surface area (TPSA) is 43.1 Å². The number of nitrogen functional groups attached to an aromatic ring is 1. The summed E-state index contributed by atoms with van der Waals surface area (Å²) in [5.74, 6) is 0.148. The Bertz CT molecular complexity index is 380. The molecule has 3 heteroatoms. The lowest BCUT2D eigenvalue weighted by atomic mass is 9.88. The van der Waals surface area contributed by atoms with Gasteiger partial charge in [0.25, 0.3) is 0 Å². The van der Waals surface area contributed by atoms with Crippen LogP contribution >= 0.6 is 15.9 Å². The van der Waals surface area contributed by atoms with Crippen LogP contribution in [-0.2, 0) is 0 Å². The standard InChI is InChI=1S/C12H16BrNO/c1-12(2,3)7-11(15)9-5-4-8(14)6-10(9)13/h4-6H,7,14H2,1-3H3. The molecule has 0 aliphatic rings. The number of anilines is 1. The van der Waals surface area contributed by atoms with Crippen LogP contribution in [0.25, 0.3) is 0 Å². The van der Waals surface area contributed by atoms with Crippen molar-refractivity contribution in [3.05, 3.63) is 28.2 Å². The predicted octanol–water partition coefficient (Wildman–Crippen LogP) is 3.65. The fourth-order valence-electron chi connectivity index (χ4n) is 1.33. The SMILES string of the molecule is CC(C)(C)CC(=O)c1ccc(N)cc1Br. The van der Waals surface area contributed by atoms with Crippen molar-refractivity contribution >= 4 is 27.4 Å². The molecule has 0 aromatic heterocycles. The summed E-state index contributed by atoms with van der Waals surface area (Å²) in [5.41, 5.74) is 6.99. The van der Waals surface area contributed by atoms with Crippen LogP contribution in [0.1, 0.15) is 37.6 Å². The third kappa shape index (κ3) is 3.67. The van der Waals surface area contributed by atoms with Gasteiger partial charge in [0.15, 0.2) is 5.78 Å². The van der Waals surface area contributed by atoms with E-state index in [1.54, 1.807) is 18.2 Å². The number of Topliss-reactive ketones (excluding diaryl/α,β-unsaturated/α-hetero) is 1. The summed E-state index contributed by atoms with van der Waals surface area (Å²) in [4.78, 5) is 11.9. The summed E-state index contributed by atoms with van der Waals surface area (Å²) < 4.78 is 0.775. The number of rotatable bonds is 2. The van der Waals surface area contributed by atoms with Crippen LogP contribution < -0.4 is 5.73 Å². The highest BCUT2D eigenvalue weighted by Crippen LogP contribution is 2.26. The molecule has 2 nitrogen and oxygen atoms in total. The molecule has 82 valence electrons. The fraction of sp³-hybridized carbons (Fsp3) is 0.417. The molecule has 2 N–H and O–H groups in total. The minimum atomic E-state index is 0.0118. The van der Waals surface area contributed by atoms with Crippen LogP contribution in [0.3, 0.4) is 0 Å². The first kappa shape index (κ1) is 12.2. The van der Waals surface area contributed by atoms with Gasteiger partial charge in [-0.05, 0) is 39.5 Å². The Hall–Kier alpha value is -0.830. The summed E-state index contributed by atoms with van der Waals surface area (Å²) in [7, 11) is 0.